The van der Waals surface area contributed by atoms with E-state index in [1.807, 2.05) is 55.4 Å². The van der Waals surface area contributed by atoms with Gasteiger partial charge in [-0.3, -0.25) is 14.4 Å². The van der Waals surface area contributed by atoms with Crippen molar-refractivity contribution in [1.82, 2.24) is 0 Å². The molecule has 0 aliphatic rings. The number of aldehydes is 2. The van der Waals surface area contributed by atoms with Gasteiger partial charge in [0.2, 0.25) is 0 Å². The van der Waals surface area contributed by atoms with Gasteiger partial charge in [0.05, 0.1) is 12.8 Å². The van der Waals surface area contributed by atoms with E-state index in [0.29, 0.717) is 63.9 Å². The van der Waals surface area contributed by atoms with Crippen molar-refractivity contribution in [2.45, 2.75) is 120 Å². The lowest BCUT2D eigenvalue weighted by Gasteiger charge is -2.53. The highest BCUT2D eigenvalue weighted by molar-refractivity contribution is 6.04. The first kappa shape index (κ1) is 30.4. The smallest absolute Gasteiger partial charge is 0.146 e. The maximum absolute atomic E-state index is 14.6. The molecule has 0 rings (SSSR count). The van der Waals surface area contributed by atoms with Gasteiger partial charge in [-0.15, -0.1) is 0 Å². The van der Waals surface area contributed by atoms with Crippen LogP contribution in [0.1, 0.15) is 120 Å². The second kappa shape index (κ2) is 12.6. The Balaban J connectivity index is 7.07. The number of hydrogen-bond donors (Lipinski definition) is 0. The quantitative estimate of drug-likeness (QED) is 0.186. The Morgan fingerprint density at radius 2 is 0.781 bits per heavy atom. The molecule has 0 bridgehead atoms. The van der Waals surface area contributed by atoms with Crippen LogP contribution in [0.15, 0.2) is 0 Å². The van der Waals surface area contributed by atoms with Gasteiger partial charge in [-0.2, -0.15) is 0 Å². The highest BCUT2D eigenvalue weighted by Crippen LogP contribution is 2.57. The van der Waals surface area contributed by atoms with Gasteiger partial charge in [0.25, 0.3) is 0 Å². The van der Waals surface area contributed by atoms with Gasteiger partial charge in [0.1, 0.15) is 29.9 Å². The summed E-state index contributed by atoms with van der Waals surface area (Å²) >= 11 is 0. The predicted molar refractivity (Wildman–Crippen MR) is 128 cm³/mol. The summed E-state index contributed by atoms with van der Waals surface area (Å²) in [5.41, 5.74) is -4.08. The van der Waals surface area contributed by atoms with Gasteiger partial charge in [-0.25, -0.2) is 0 Å². The van der Waals surface area contributed by atoms with Crippen molar-refractivity contribution in [1.29, 1.82) is 0 Å². The fourth-order valence-electron chi connectivity index (χ4n) is 5.94. The summed E-state index contributed by atoms with van der Waals surface area (Å²) in [5.74, 6) is -0.512. The van der Waals surface area contributed by atoms with Gasteiger partial charge in [-0.1, -0.05) is 81.1 Å². The maximum atomic E-state index is 14.6. The molecule has 0 aromatic rings. The van der Waals surface area contributed by atoms with E-state index >= 15 is 0 Å². The van der Waals surface area contributed by atoms with E-state index in [-0.39, 0.29) is 30.2 Å². The summed E-state index contributed by atoms with van der Waals surface area (Å²) in [6.07, 6.45) is 5.59. The Labute approximate surface area is 195 Å². The monoisotopic (exact) mass is 450 g/mol. The third-order valence-corrected chi connectivity index (χ3v) is 8.21. The first-order valence-corrected chi connectivity index (χ1v) is 12.4. The highest BCUT2D eigenvalue weighted by atomic mass is 16.2. The molecule has 0 saturated carbocycles. The number of rotatable bonds is 18. The summed E-state index contributed by atoms with van der Waals surface area (Å²) in [5, 5.41) is 0. The number of hydrogen-bond acceptors (Lipinski definition) is 5. The predicted octanol–water partition coefficient (Wildman–Crippen LogP) is 6.10. The highest BCUT2D eigenvalue weighted by Gasteiger charge is 2.61. The van der Waals surface area contributed by atoms with Crippen molar-refractivity contribution in [2.24, 2.45) is 21.7 Å². The number of Topliss-reactive ketones (excluding diaryl/α,β-unsaturated/α-hetero) is 3. The lowest BCUT2D eigenvalue weighted by molar-refractivity contribution is -0.165. The topological polar surface area (TPSA) is 85.3 Å². The molecular weight excluding hydrogens is 404 g/mol. The van der Waals surface area contributed by atoms with Crippen LogP contribution in [0.25, 0.3) is 0 Å². The van der Waals surface area contributed by atoms with Crippen LogP contribution in [-0.4, -0.2) is 29.9 Å². The van der Waals surface area contributed by atoms with Crippen LogP contribution >= 0.6 is 0 Å². The summed E-state index contributed by atoms with van der Waals surface area (Å²) in [4.78, 5) is 63.7. The zero-order chi connectivity index (χ0) is 25.2. The minimum atomic E-state index is -1.03. The summed E-state index contributed by atoms with van der Waals surface area (Å²) in [7, 11) is 0. The zero-order valence-electron chi connectivity index (χ0n) is 21.8. The van der Waals surface area contributed by atoms with Crippen LogP contribution in [0, 0.1) is 21.7 Å². The van der Waals surface area contributed by atoms with E-state index in [9.17, 15) is 24.0 Å². The second-order valence-electron chi connectivity index (χ2n) is 10.2. The van der Waals surface area contributed by atoms with Crippen LogP contribution in [0.3, 0.4) is 0 Å². The molecule has 5 heteroatoms. The van der Waals surface area contributed by atoms with Gasteiger partial charge in [0, 0.05) is 21.7 Å². The number of ketones is 3. The van der Waals surface area contributed by atoms with E-state index in [1.54, 1.807) is 0 Å². The fraction of sp³-hybridized carbons (Fsp3) is 0.815. The molecule has 0 aliphatic heterocycles. The van der Waals surface area contributed by atoms with E-state index in [2.05, 4.69) is 0 Å². The SMILES string of the molecule is CCCC(C)(C(=O)CC=O)C(C)(CCC)C(=O)C(C)(CCC)C(C)(CCC)C(=O)CC=O. The Kier molecular flexibility index (Phi) is 11.9. The summed E-state index contributed by atoms with van der Waals surface area (Å²) < 4.78 is 0. The van der Waals surface area contributed by atoms with Crippen LogP contribution in [0.4, 0.5) is 0 Å². The van der Waals surface area contributed by atoms with Gasteiger partial charge in [-0.05, 0) is 25.7 Å². The Morgan fingerprint density at radius 3 is 1.00 bits per heavy atom. The van der Waals surface area contributed by atoms with Crippen molar-refractivity contribution in [3.8, 4) is 0 Å². The Morgan fingerprint density at radius 1 is 0.531 bits per heavy atom. The third-order valence-electron chi connectivity index (χ3n) is 8.21. The third kappa shape index (κ3) is 5.46. The average molecular weight is 451 g/mol. The first-order valence-electron chi connectivity index (χ1n) is 12.4. The lowest BCUT2D eigenvalue weighted by Crippen LogP contribution is -2.59. The fourth-order valence-corrected chi connectivity index (χ4v) is 5.94. The molecule has 0 aromatic carbocycles. The van der Waals surface area contributed by atoms with Crippen molar-refractivity contribution in [3.05, 3.63) is 0 Å². The van der Waals surface area contributed by atoms with Crippen LogP contribution in [-0.2, 0) is 24.0 Å². The van der Waals surface area contributed by atoms with Gasteiger partial charge >= 0.3 is 0 Å². The van der Waals surface area contributed by atoms with Crippen LogP contribution in [0.2, 0.25) is 0 Å². The normalized spacial score (nSPS) is 19.0. The average Bonchev–Trinajstić information content (AvgIpc) is 2.73. The van der Waals surface area contributed by atoms with E-state index < -0.39 is 21.7 Å². The molecule has 4 atom stereocenters. The van der Waals surface area contributed by atoms with Crippen molar-refractivity contribution in [2.75, 3.05) is 0 Å². The zero-order valence-corrected chi connectivity index (χ0v) is 21.8. The van der Waals surface area contributed by atoms with Crippen LogP contribution < -0.4 is 0 Å². The molecule has 0 radical (unpaired) electrons. The van der Waals surface area contributed by atoms with E-state index in [0.717, 1.165) is 0 Å². The summed E-state index contributed by atoms with van der Waals surface area (Å²) in [6, 6.07) is 0. The standard InChI is InChI=1S/C27H46O5/c1-9-15-24(5,21(30)13-19-28)26(7,17-11-3)23(32)27(8,18-12-4)25(6,16-10-2)22(31)14-20-29/h19-20H,9-18H2,1-8H3. The summed E-state index contributed by atoms with van der Waals surface area (Å²) in [6.45, 7) is 15.3. The van der Waals surface area contributed by atoms with E-state index in [1.165, 1.54) is 0 Å². The van der Waals surface area contributed by atoms with E-state index in [4.69, 9.17) is 0 Å². The maximum Gasteiger partial charge on any atom is 0.146 e. The minimum Gasteiger partial charge on any atom is -0.303 e. The first-order chi connectivity index (χ1) is 14.9. The molecule has 0 aliphatic carbocycles. The largest absolute Gasteiger partial charge is 0.303 e. The lowest BCUT2D eigenvalue weighted by atomic mass is 9.47. The molecule has 0 aromatic heterocycles. The Bertz CT molecular complexity index is 628. The van der Waals surface area contributed by atoms with Crippen molar-refractivity contribution >= 4 is 29.9 Å². The molecule has 184 valence electrons. The molecule has 0 heterocycles. The molecule has 0 spiro atoms. The molecule has 4 unspecified atom stereocenters. The Hall–Kier alpha value is -1.65. The molecule has 32 heavy (non-hydrogen) atoms. The van der Waals surface area contributed by atoms with Gasteiger partial charge < -0.3 is 9.59 Å². The molecule has 0 N–H and O–H groups in total. The molecule has 0 amide bonds. The molecular formula is C27H46O5. The van der Waals surface area contributed by atoms with Crippen molar-refractivity contribution < 1.29 is 24.0 Å². The number of carbonyl (C=O) groups is 5. The molecule has 0 fully saturated rings. The molecule has 0 saturated heterocycles. The second-order valence-corrected chi connectivity index (χ2v) is 10.2. The van der Waals surface area contributed by atoms with Crippen molar-refractivity contribution in [3.63, 3.8) is 0 Å². The molecule has 5 nitrogen and oxygen atoms in total. The van der Waals surface area contributed by atoms with Gasteiger partial charge in [0.15, 0.2) is 0 Å². The minimum absolute atomic E-state index is 0.0842. The van der Waals surface area contributed by atoms with Crippen LogP contribution in [0.5, 0.6) is 0 Å². The number of carbonyl (C=O) groups excluding carboxylic acids is 5.